The van der Waals surface area contributed by atoms with Crippen LogP contribution in [-0.4, -0.2) is 10.8 Å². The molecule has 0 aliphatic carbocycles. The van der Waals surface area contributed by atoms with E-state index in [2.05, 4.69) is 4.98 Å². The minimum Gasteiger partial charge on any atom is -0.382 e. The van der Waals surface area contributed by atoms with E-state index in [1.807, 2.05) is 0 Å². The molecule has 1 heterocycles. The highest BCUT2D eigenvalue weighted by atomic mass is 35.5. The normalized spacial score (nSPS) is 10.4. The number of nitrogens with one attached hydrogen (secondary N) is 1. The van der Waals surface area contributed by atoms with E-state index < -0.39 is 5.82 Å². The second kappa shape index (κ2) is 4.74. The van der Waals surface area contributed by atoms with Gasteiger partial charge in [0.15, 0.2) is 0 Å². The second-order valence-electron chi connectivity index (χ2n) is 3.86. The average molecular weight is 264 g/mol. The lowest BCUT2D eigenvalue weighted by molar-refractivity contribution is 0.631. The van der Waals surface area contributed by atoms with E-state index in [4.69, 9.17) is 22.7 Å². The van der Waals surface area contributed by atoms with Gasteiger partial charge in [-0.2, -0.15) is 0 Å². The van der Waals surface area contributed by atoms with Gasteiger partial charge in [-0.1, -0.05) is 29.8 Å². The van der Waals surface area contributed by atoms with Gasteiger partial charge in [0.2, 0.25) is 0 Å². The van der Waals surface area contributed by atoms with Crippen LogP contribution in [-0.2, 0) is 0 Å². The summed E-state index contributed by atoms with van der Waals surface area (Å²) >= 11 is 5.75. The number of aromatic nitrogens is 1. The minimum atomic E-state index is -0.535. The number of benzene rings is 1. The molecular weight excluding hydrogens is 253 g/mol. The monoisotopic (exact) mass is 263 g/mol. The molecule has 3 nitrogen and oxygen atoms in total. The maximum atomic E-state index is 14.0. The van der Waals surface area contributed by atoms with E-state index in [9.17, 15) is 4.39 Å². The number of rotatable bonds is 2. The lowest BCUT2D eigenvalue weighted by Gasteiger charge is -2.10. The highest BCUT2D eigenvalue weighted by Crippen LogP contribution is 2.29. The first-order valence-electron chi connectivity index (χ1n) is 5.27. The van der Waals surface area contributed by atoms with Crippen LogP contribution in [0.25, 0.3) is 11.1 Å². The van der Waals surface area contributed by atoms with Crippen molar-refractivity contribution in [3.8, 4) is 11.1 Å². The Bertz CT molecular complexity index is 626. The molecule has 0 amide bonds. The maximum Gasteiger partial charge on any atom is 0.149 e. The zero-order chi connectivity index (χ0) is 13.3. The molecule has 0 radical (unpaired) electrons. The Balaban J connectivity index is 2.71. The van der Waals surface area contributed by atoms with E-state index in [-0.39, 0.29) is 16.6 Å². The van der Waals surface area contributed by atoms with E-state index in [1.165, 1.54) is 6.07 Å². The second-order valence-corrected chi connectivity index (χ2v) is 4.27. The Morgan fingerprint density at radius 2 is 2.00 bits per heavy atom. The lowest BCUT2D eigenvalue weighted by atomic mass is 10.0. The number of nitrogens with two attached hydrogens (primary N) is 1. The third-order valence-electron chi connectivity index (χ3n) is 2.53. The van der Waals surface area contributed by atoms with Crippen molar-refractivity contribution in [3.05, 3.63) is 52.6 Å². The van der Waals surface area contributed by atoms with Crippen LogP contribution < -0.4 is 5.73 Å². The molecule has 0 aliphatic rings. The average Bonchev–Trinajstić information content (AvgIpc) is 2.33. The molecular formula is C13H11ClFN3. The Morgan fingerprint density at radius 1 is 1.28 bits per heavy atom. The summed E-state index contributed by atoms with van der Waals surface area (Å²) in [5.74, 6) is -0.736. The first-order valence-corrected chi connectivity index (χ1v) is 5.65. The fourth-order valence-corrected chi connectivity index (χ4v) is 1.87. The molecule has 0 unspecified atom stereocenters. The Morgan fingerprint density at radius 3 is 2.67 bits per heavy atom. The predicted octanol–water partition coefficient (Wildman–Crippen LogP) is 3.13. The number of nitrogens with zero attached hydrogens (tertiary/aromatic N) is 1. The lowest BCUT2D eigenvalue weighted by Crippen LogP contribution is -2.15. The molecule has 2 aromatic rings. The SMILES string of the molecule is Cc1ccc(-c2cccc(Cl)c2F)c(C(=N)N)n1. The van der Waals surface area contributed by atoms with Crippen molar-refractivity contribution in [1.82, 2.24) is 4.98 Å². The van der Waals surface area contributed by atoms with Gasteiger partial charge >= 0.3 is 0 Å². The fourth-order valence-electron chi connectivity index (χ4n) is 1.69. The zero-order valence-electron chi connectivity index (χ0n) is 9.67. The summed E-state index contributed by atoms with van der Waals surface area (Å²) in [6.07, 6.45) is 0. The molecule has 1 aromatic heterocycles. The van der Waals surface area contributed by atoms with Gasteiger partial charge in [0, 0.05) is 16.8 Å². The van der Waals surface area contributed by atoms with Crippen LogP contribution in [0.5, 0.6) is 0 Å². The summed E-state index contributed by atoms with van der Waals surface area (Å²) < 4.78 is 14.0. The Hall–Kier alpha value is -1.94. The molecule has 18 heavy (non-hydrogen) atoms. The topological polar surface area (TPSA) is 62.8 Å². The molecule has 1 aromatic carbocycles. The molecule has 3 N–H and O–H groups in total. The van der Waals surface area contributed by atoms with Gasteiger partial charge in [0.05, 0.1) is 5.02 Å². The Kier molecular flexibility index (Phi) is 3.30. The first kappa shape index (κ1) is 12.5. The van der Waals surface area contributed by atoms with Gasteiger partial charge in [-0.25, -0.2) is 9.37 Å². The van der Waals surface area contributed by atoms with Crippen molar-refractivity contribution >= 4 is 17.4 Å². The number of halogens is 2. The summed E-state index contributed by atoms with van der Waals surface area (Å²) in [5.41, 5.74) is 7.21. The van der Waals surface area contributed by atoms with Gasteiger partial charge in [-0.05, 0) is 19.1 Å². The summed E-state index contributed by atoms with van der Waals surface area (Å²) in [6, 6.07) is 8.12. The molecule has 0 aliphatic heterocycles. The fraction of sp³-hybridized carbons (Fsp3) is 0.0769. The van der Waals surface area contributed by atoms with Crippen LogP contribution in [0, 0.1) is 18.2 Å². The molecule has 2 rings (SSSR count). The van der Waals surface area contributed by atoms with Gasteiger partial charge in [0.25, 0.3) is 0 Å². The van der Waals surface area contributed by atoms with Crippen molar-refractivity contribution in [1.29, 1.82) is 5.41 Å². The molecule has 0 spiro atoms. The number of amidine groups is 1. The predicted molar refractivity (Wildman–Crippen MR) is 70.4 cm³/mol. The van der Waals surface area contributed by atoms with Gasteiger partial charge in [-0.3, -0.25) is 5.41 Å². The molecule has 0 fully saturated rings. The van der Waals surface area contributed by atoms with Crippen LogP contribution in [0.15, 0.2) is 30.3 Å². The van der Waals surface area contributed by atoms with Crippen molar-refractivity contribution in [2.75, 3.05) is 0 Å². The van der Waals surface area contributed by atoms with Crippen molar-refractivity contribution in [2.45, 2.75) is 6.92 Å². The summed E-state index contributed by atoms with van der Waals surface area (Å²) in [7, 11) is 0. The van der Waals surface area contributed by atoms with Crippen LogP contribution >= 0.6 is 11.6 Å². The number of hydrogen-bond acceptors (Lipinski definition) is 2. The summed E-state index contributed by atoms with van der Waals surface area (Å²) in [5, 5.41) is 7.54. The van der Waals surface area contributed by atoms with Crippen LogP contribution in [0.1, 0.15) is 11.4 Å². The minimum absolute atomic E-state index is 0.0302. The molecule has 92 valence electrons. The van der Waals surface area contributed by atoms with Crippen molar-refractivity contribution < 1.29 is 4.39 Å². The molecule has 0 saturated carbocycles. The molecule has 0 saturated heterocycles. The highest BCUT2D eigenvalue weighted by molar-refractivity contribution is 6.31. The van der Waals surface area contributed by atoms with Gasteiger partial charge in [0.1, 0.15) is 17.3 Å². The summed E-state index contributed by atoms with van der Waals surface area (Å²) in [4.78, 5) is 4.16. The summed E-state index contributed by atoms with van der Waals surface area (Å²) in [6.45, 7) is 1.78. The number of hydrogen-bond donors (Lipinski definition) is 2. The van der Waals surface area contributed by atoms with Gasteiger partial charge in [-0.15, -0.1) is 0 Å². The number of pyridine rings is 1. The zero-order valence-corrected chi connectivity index (χ0v) is 10.4. The maximum absolute atomic E-state index is 14.0. The first-order chi connectivity index (χ1) is 8.50. The van der Waals surface area contributed by atoms with Crippen LogP contribution in [0.2, 0.25) is 5.02 Å². The Labute approximate surface area is 109 Å². The third-order valence-corrected chi connectivity index (χ3v) is 2.82. The van der Waals surface area contributed by atoms with E-state index >= 15 is 0 Å². The van der Waals surface area contributed by atoms with E-state index in [0.717, 1.165) is 0 Å². The van der Waals surface area contributed by atoms with E-state index in [0.29, 0.717) is 16.8 Å². The van der Waals surface area contributed by atoms with Crippen LogP contribution in [0.3, 0.4) is 0 Å². The quantitative estimate of drug-likeness (QED) is 0.646. The number of nitrogen functional groups attached to an aromatic ring is 1. The molecule has 5 heteroatoms. The molecule has 0 atom stereocenters. The highest BCUT2D eigenvalue weighted by Gasteiger charge is 2.14. The van der Waals surface area contributed by atoms with E-state index in [1.54, 1.807) is 31.2 Å². The third kappa shape index (κ3) is 2.19. The number of aryl methyl sites for hydroxylation is 1. The largest absolute Gasteiger partial charge is 0.382 e. The molecule has 0 bridgehead atoms. The van der Waals surface area contributed by atoms with Gasteiger partial charge < -0.3 is 5.73 Å². The van der Waals surface area contributed by atoms with Crippen molar-refractivity contribution in [3.63, 3.8) is 0 Å². The van der Waals surface area contributed by atoms with Crippen LogP contribution in [0.4, 0.5) is 4.39 Å². The smallest absolute Gasteiger partial charge is 0.149 e. The van der Waals surface area contributed by atoms with Crippen molar-refractivity contribution in [2.24, 2.45) is 5.73 Å². The standard InChI is InChI=1S/C13H11ClFN3/c1-7-5-6-9(12(18-7)13(16)17)8-3-2-4-10(14)11(8)15/h2-6H,1H3,(H3,16,17).